The fraction of sp³-hybridized carbons (Fsp3) is 0.421. The molecular formula is C19H21FN4O. The van der Waals surface area contributed by atoms with Crippen LogP contribution in [0.5, 0.6) is 0 Å². The molecule has 1 aliphatic carbocycles. The van der Waals surface area contributed by atoms with Crippen LogP contribution in [-0.4, -0.2) is 39.9 Å². The number of hydrogen-bond donors (Lipinski definition) is 1. The molecule has 1 atom stereocenters. The minimum atomic E-state index is -0.302. The third-order valence-electron chi connectivity index (χ3n) is 5.00. The number of nitrogens with zero attached hydrogens (tertiary/aromatic N) is 3. The molecule has 1 unspecified atom stereocenters. The summed E-state index contributed by atoms with van der Waals surface area (Å²) >= 11 is 0. The molecule has 2 aromatic rings. The summed E-state index contributed by atoms with van der Waals surface area (Å²) in [6, 6.07) is 6.45. The van der Waals surface area contributed by atoms with Gasteiger partial charge in [-0.05, 0) is 43.4 Å². The molecule has 1 N–H and O–H groups in total. The first-order chi connectivity index (χ1) is 12.2. The summed E-state index contributed by atoms with van der Waals surface area (Å²) in [6.07, 6.45) is 5.93. The number of amides is 1. The van der Waals surface area contributed by atoms with E-state index in [1.165, 1.54) is 17.7 Å². The molecule has 5 nitrogen and oxygen atoms in total. The molecule has 6 heteroatoms. The summed E-state index contributed by atoms with van der Waals surface area (Å²) in [5, 5.41) is 3.49. The van der Waals surface area contributed by atoms with Gasteiger partial charge in [-0.25, -0.2) is 14.4 Å². The number of benzene rings is 1. The van der Waals surface area contributed by atoms with Crippen LogP contribution < -0.4 is 5.32 Å². The van der Waals surface area contributed by atoms with Gasteiger partial charge in [-0.2, -0.15) is 0 Å². The van der Waals surface area contributed by atoms with Crippen molar-refractivity contribution in [3.05, 3.63) is 53.2 Å². The third-order valence-corrected chi connectivity index (χ3v) is 5.00. The fourth-order valence-electron chi connectivity index (χ4n) is 3.72. The number of carbonyl (C=O) groups is 1. The number of aromatic nitrogens is 2. The van der Waals surface area contributed by atoms with E-state index < -0.39 is 0 Å². The first kappa shape index (κ1) is 16.0. The van der Waals surface area contributed by atoms with E-state index in [4.69, 9.17) is 0 Å². The van der Waals surface area contributed by atoms with Crippen molar-refractivity contribution in [2.24, 2.45) is 0 Å². The lowest BCUT2D eigenvalue weighted by molar-refractivity contribution is -0.129. The second kappa shape index (κ2) is 6.78. The summed E-state index contributed by atoms with van der Waals surface area (Å²) in [5.41, 5.74) is 3.09. The quantitative estimate of drug-likeness (QED) is 0.928. The smallest absolute Gasteiger partial charge is 0.227 e. The molecule has 1 aromatic carbocycles. The van der Waals surface area contributed by atoms with Crippen LogP contribution in [0.15, 0.2) is 30.6 Å². The number of rotatable bonds is 4. The van der Waals surface area contributed by atoms with Gasteiger partial charge in [0.15, 0.2) is 0 Å². The Balaban J connectivity index is 1.37. The molecule has 0 bridgehead atoms. The zero-order valence-corrected chi connectivity index (χ0v) is 14.0. The van der Waals surface area contributed by atoms with E-state index in [1.807, 2.05) is 4.90 Å². The van der Waals surface area contributed by atoms with Crippen molar-refractivity contribution >= 4 is 11.7 Å². The lowest BCUT2D eigenvalue weighted by atomic mass is 10.1. The van der Waals surface area contributed by atoms with Crippen molar-refractivity contribution in [3.63, 3.8) is 0 Å². The van der Waals surface area contributed by atoms with Crippen molar-refractivity contribution in [2.75, 3.05) is 18.4 Å². The Hall–Kier alpha value is -2.50. The van der Waals surface area contributed by atoms with E-state index in [1.54, 1.807) is 18.5 Å². The Kier molecular flexibility index (Phi) is 4.34. The molecule has 0 radical (unpaired) electrons. The van der Waals surface area contributed by atoms with Gasteiger partial charge in [0.2, 0.25) is 5.91 Å². The SMILES string of the molecule is O=C(Cc1cccc(F)c1)N1CCC(Nc2ncnc3c2CCC3)C1. The van der Waals surface area contributed by atoms with Crippen LogP contribution >= 0.6 is 0 Å². The van der Waals surface area contributed by atoms with Crippen molar-refractivity contribution in [2.45, 2.75) is 38.1 Å². The first-order valence-electron chi connectivity index (χ1n) is 8.80. The van der Waals surface area contributed by atoms with Gasteiger partial charge in [-0.15, -0.1) is 0 Å². The number of halogens is 1. The zero-order chi connectivity index (χ0) is 17.2. The molecule has 1 aromatic heterocycles. The zero-order valence-electron chi connectivity index (χ0n) is 14.0. The Labute approximate surface area is 146 Å². The number of hydrogen-bond acceptors (Lipinski definition) is 4. The van der Waals surface area contributed by atoms with Crippen LogP contribution in [0.1, 0.15) is 29.7 Å². The average Bonchev–Trinajstić information content (AvgIpc) is 3.24. The van der Waals surface area contributed by atoms with E-state index >= 15 is 0 Å². The number of fused-ring (bicyclic) bond motifs is 1. The van der Waals surface area contributed by atoms with Crippen molar-refractivity contribution in [1.82, 2.24) is 14.9 Å². The Bertz CT molecular complexity index is 795. The number of nitrogens with one attached hydrogen (secondary N) is 1. The molecule has 25 heavy (non-hydrogen) atoms. The van der Waals surface area contributed by atoms with Gasteiger partial charge in [0.25, 0.3) is 0 Å². The molecule has 1 fully saturated rings. The first-order valence-corrected chi connectivity index (χ1v) is 8.80. The van der Waals surface area contributed by atoms with Crippen molar-refractivity contribution in [3.8, 4) is 0 Å². The number of anilines is 1. The van der Waals surface area contributed by atoms with Gasteiger partial charge in [-0.1, -0.05) is 12.1 Å². The maximum absolute atomic E-state index is 13.3. The molecule has 0 spiro atoms. The Morgan fingerprint density at radius 3 is 3.12 bits per heavy atom. The van der Waals surface area contributed by atoms with Crippen LogP contribution in [0.3, 0.4) is 0 Å². The molecule has 1 amide bonds. The molecule has 4 rings (SSSR count). The van der Waals surface area contributed by atoms with E-state index in [0.717, 1.165) is 49.3 Å². The Morgan fingerprint density at radius 2 is 2.24 bits per heavy atom. The fourth-order valence-corrected chi connectivity index (χ4v) is 3.72. The molecule has 130 valence electrons. The largest absolute Gasteiger partial charge is 0.365 e. The van der Waals surface area contributed by atoms with E-state index in [-0.39, 0.29) is 24.2 Å². The molecular weight excluding hydrogens is 319 g/mol. The van der Waals surface area contributed by atoms with Crippen molar-refractivity contribution in [1.29, 1.82) is 0 Å². The van der Waals surface area contributed by atoms with Gasteiger partial charge >= 0.3 is 0 Å². The van der Waals surface area contributed by atoms with E-state index in [0.29, 0.717) is 6.54 Å². The van der Waals surface area contributed by atoms with Crippen LogP contribution in [0, 0.1) is 5.82 Å². The molecule has 0 saturated carbocycles. The number of likely N-dealkylation sites (tertiary alicyclic amines) is 1. The third kappa shape index (κ3) is 3.48. The summed E-state index contributed by atoms with van der Waals surface area (Å²) in [5.74, 6) is 0.665. The summed E-state index contributed by atoms with van der Waals surface area (Å²) < 4.78 is 13.3. The predicted octanol–water partition coefficient (Wildman–Crippen LogP) is 2.36. The number of carbonyl (C=O) groups excluding carboxylic acids is 1. The monoisotopic (exact) mass is 340 g/mol. The molecule has 1 aliphatic heterocycles. The lowest BCUT2D eigenvalue weighted by Crippen LogP contribution is -2.33. The van der Waals surface area contributed by atoms with Gasteiger partial charge in [0, 0.05) is 30.4 Å². The van der Waals surface area contributed by atoms with Crippen LogP contribution in [0.4, 0.5) is 10.2 Å². The average molecular weight is 340 g/mol. The van der Waals surface area contributed by atoms with Crippen LogP contribution in [-0.2, 0) is 24.1 Å². The Morgan fingerprint density at radius 1 is 1.32 bits per heavy atom. The highest BCUT2D eigenvalue weighted by Crippen LogP contribution is 2.26. The minimum absolute atomic E-state index is 0.0443. The highest BCUT2D eigenvalue weighted by molar-refractivity contribution is 5.79. The van der Waals surface area contributed by atoms with Gasteiger partial charge in [-0.3, -0.25) is 4.79 Å². The van der Waals surface area contributed by atoms with Crippen molar-refractivity contribution < 1.29 is 9.18 Å². The normalized spacial score (nSPS) is 19.1. The summed E-state index contributed by atoms with van der Waals surface area (Å²) in [4.78, 5) is 23.1. The number of aryl methyl sites for hydroxylation is 1. The summed E-state index contributed by atoms with van der Waals surface area (Å²) in [7, 11) is 0. The maximum Gasteiger partial charge on any atom is 0.227 e. The minimum Gasteiger partial charge on any atom is -0.365 e. The molecule has 2 heterocycles. The molecule has 2 aliphatic rings. The topological polar surface area (TPSA) is 58.1 Å². The van der Waals surface area contributed by atoms with Gasteiger partial charge < -0.3 is 10.2 Å². The molecule has 1 saturated heterocycles. The van der Waals surface area contributed by atoms with E-state index in [2.05, 4.69) is 15.3 Å². The van der Waals surface area contributed by atoms with Crippen LogP contribution in [0.2, 0.25) is 0 Å². The van der Waals surface area contributed by atoms with Gasteiger partial charge in [0.1, 0.15) is 18.0 Å². The highest BCUT2D eigenvalue weighted by atomic mass is 19.1. The predicted molar refractivity (Wildman–Crippen MR) is 92.8 cm³/mol. The second-order valence-corrected chi connectivity index (χ2v) is 6.78. The summed E-state index contributed by atoms with van der Waals surface area (Å²) in [6.45, 7) is 1.38. The van der Waals surface area contributed by atoms with Gasteiger partial charge in [0.05, 0.1) is 6.42 Å². The van der Waals surface area contributed by atoms with E-state index in [9.17, 15) is 9.18 Å². The highest BCUT2D eigenvalue weighted by Gasteiger charge is 2.27. The maximum atomic E-state index is 13.3. The second-order valence-electron chi connectivity index (χ2n) is 6.78. The van der Waals surface area contributed by atoms with Crippen LogP contribution in [0.25, 0.3) is 0 Å². The standard InChI is InChI=1S/C19H21FN4O/c20-14-4-1-3-13(9-14)10-18(25)24-8-7-15(11-24)23-19-16-5-2-6-17(16)21-12-22-19/h1,3-4,9,12,15H,2,5-8,10-11H2,(H,21,22,23). The lowest BCUT2D eigenvalue weighted by Gasteiger charge is -2.18.